The number of likely N-dealkylation sites (tertiary alicyclic amines) is 1. The lowest BCUT2D eigenvalue weighted by Crippen LogP contribution is -2.26. The summed E-state index contributed by atoms with van der Waals surface area (Å²) in [6, 6.07) is 15.8. The summed E-state index contributed by atoms with van der Waals surface area (Å²) in [6.07, 6.45) is 1.40. The van der Waals surface area contributed by atoms with Gasteiger partial charge in [0.25, 0.3) is 0 Å². The van der Waals surface area contributed by atoms with E-state index in [-0.39, 0.29) is 12.4 Å². The first-order chi connectivity index (χ1) is 8.82. The van der Waals surface area contributed by atoms with Gasteiger partial charge in [-0.15, -0.1) is 12.4 Å². The normalized spacial score (nSPS) is 29.0. The van der Waals surface area contributed by atoms with Gasteiger partial charge in [-0.05, 0) is 35.2 Å². The van der Waals surface area contributed by atoms with Gasteiger partial charge in [-0.25, -0.2) is 0 Å². The Morgan fingerprint density at radius 1 is 1.16 bits per heavy atom. The largest absolute Gasteiger partial charge is 0.302 e. The lowest BCUT2D eigenvalue weighted by Gasteiger charge is -2.19. The molecule has 4 rings (SSSR count). The number of halogens is 1. The van der Waals surface area contributed by atoms with Gasteiger partial charge in [0.2, 0.25) is 0 Å². The quantitative estimate of drug-likeness (QED) is 0.803. The van der Waals surface area contributed by atoms with Crippen LogP contribution < -0.4 is 0 Å². The van der Waals surface area contributed by atoms with Crippen LogP contribution in [0, 0.1) is 5.92 Å². The summed E-state index contributed by atoms with van der Waals surface area (Å²) in [4.78, 5) is 2.60. The van der Waals surface area contributed by atoms with E-state index in [1.165, 1.54) is 36.8 Å². The Kier molecular flexibility index (Phi) is 3.07. The fraction of sp³-hybridized carbons (Fsp3) is 0.412. The lowest BCUT2D eigenvalue weighted by molar-refractivity contribution is 0.314. The lowest BCUT2D eigenvalue weighted by atomic mass is 9.93. The van der Waals surface area contributed by atoms with Gasteiger partial charge in [-0.3, -0.25) is 0 Å². The molecule has 0 aromatic heterocycles. The van der Waals surface area contributed by atoms with Gasteiger partial charge >= 0.3 is 0 Å². The Hall–Kier alpha value is -1.05. The molecule has 2 heteroatoms. The molecule has 2 aromatic rings. The molecular formula is C17H20ClN. The molecule has 1 nitrogen and oxygen atoms in total. The predicted octanol–water partition coefficient (Wildman–Crippen LogP) is 3.85. The van der Waals surface area contributed by atoms with E-state index >= 15 is 0 Å². The maximum atomic E-state index is 2.60. The molecule has 2 aromatic carbocycles. The van der Waals surface area contributed by atoms with Gasteiger partial charge in [0.1, 0.15) is 0 Å². The summed E-state index contributed by atoms with van der Waals surface area (Å²) in [7, 11) is 0. The highest BCUT2D eigenvalue weighted by Gasteiger charge is 2.60. The molecule has 2 aliphatic rings. The van der Waals surface area contributed by atoms with Crippen molar-refractivity contribution in [1.29, 1.82) is 0 Å². The second-order valence-corrected chi connectivity index (χ2v) is 5.95. The summed E-state index contributed by atoms with van der Waals surface area (Å²) >= 11 is 0. The van der Waals surface area contributed by atoms with E-state index in [0.717, 1.165) is 5.92 Å². The highest BCUT2D eigenvalue weighted by atomic mass is 35.5. The number of fused-ring (bicyclic) bond motifs is 2. The van der Waals surface area contributed by atoms with Gasteiger partial charge in [-0.1, -0.05) is 49.4 Å². The summed E-state index contributed by atoms with van der Waals surface area (Å²) in [6.45, 7) is 6.06. The Bertz CT molecular complexity index is 609. The van der Waals surface area contributed by atoms with Crippen LogP contribution in [0.25, 0.3) is 10.8 Å². The van der Waals surface area contributed by atoms with E-state index < -0.39 is 0 Å². The fourth-order valence-electron chi connectivity index (χ4n) is 3.77. The molecule has 19 heavy (non-hydrogen) atoms. The first kappa shape index (κ1) is 13.0. The average Bonchev–Trinajstić information content (AvgIpc) is 3.01. The summed E-state index contributed by atoms with van der Waals surface area (Å²) in [5.74, 6) is 0.915. The molecular weight excluding hydrogens is 254 g/mol. The molecule has 2 unspecified atom stereocenters. The second kappa shape index (κ2) is 4.50. The van der Waals surface area contributed by atoms with E-state index in [1.807, 2.05) is 0 Å². The van der Waals surface area contributed by atoms with E-state index in [2.05, 4.69) is 54.3 Å². The molecule has 0 N–H and O–H groups in total. The van der Waals surface area contributed by atoms with Crippen molar-refractivity contribution in [2.45, 2.75) is 18.8 Å². The molecule has 0 radical (unpaired) electrons. The zero-order valence-corrected chi connectivity index (χ0v) is 12.1. The third kappa shape index (κ3) is 1.87. The van der Waals surface area contributed by atoms with Crippen molar-refractivity contribution in [3.63, 3.8) is 0 Å². The molecule has 1 saturated heterocycles. The Balaban J connectivity index is 0.00000110. The van der Waals surface area contributed by atoms with Crippen LogP contribution in [0.3, 0.4) is 0 Å². The fourth-order valence-corrected chi connectivity index (χ4v) is 3.77. The van der Waals surface area contributed by atoms with Crippen LogP contribution in [0.4, 0.5) is 0 Å². The van der Waals surface area contributed by atoms with Crippen LogP contribution in [0.2, 0.25) is 0 Å². The van der Waals surface area contributed by atoms with Crippen LogP contribution >= 0.6 is 12.4 Å². The van der Waals surface area contributed by atoms with E-state index in [1.54, 1.807) is 5.56 Å². The van der Waals surface area contributed by atoms with Crippen LogP contribution in [0.1, 0.15) is 18.9 Å². The minimum absolute atomic E-state index is 0. The summed E-state index contributed by atoms with van der Waals surface area (Å²) < 4.78 is 0. The minimum Gasteiger partial charge on any atom is -0.302 e. The molecule has 0 amide bonds. The standard InChI is InChI=1S/C17H19N.ClH/c1-2-18-11-16-10-17(16,12-18)15-8-7-13-5-3-4-6-14(13)9-15;/h3-9,16H,2,10-12H2,1H3;1H. The number of benzene rings is 2. The molecule has 1 saturated carbocycles. The zero-order chi connectivity index (χ0) is 12.2. The third-order valence-corrected chi connectivity index (χ3v) is 4.99. The highest BCUT2D eigenvalue weighted by Crippen LogP contribution is 2.59. The molecule has 1 aliphatic carbocycles. The summed E-state index contributed by atoms with van der Waals surface area (Å²) in [5.41, 5.74) is 2.07. The first-order valence-electron chi connectivity index (χ1n) is 7.03. The number of piperidine rings is 1. The van der Waals surface area contributed by atoms with Crippen molar-refractivity contribution < 1.29 is 0 Å². The molecule has 2 atom stereocenters. The van der Waals surface area contributed by atoms with Gasteiger partial charge in [0.15, 0.2) is 0 Å². The smallest absolute Gasteiger partial charge is 0.0125 e. The SMILES string of the molecule is CCN1CC2CC2(c2ccc3ccccc3c2)C1.Cl. The van der Waals surface area contributed by atoms with Crippen molar-refractivity contribution in [3.05, 3.63) is 48.0 Å². The van der Waals surface area contributed by atoms with Gasteiger partial charge in [-0.2, -0.15) is 0 Å². The van der Waals surface area contributed by atoms with Crippen molar-refractivity contribution >= 4 is 23.2 Å². The molecule has 2 fully saturated rings. The Morgan fingerprint density at radius 2 is 1.95 bits per heavy atom. The van der Waals surface area contributed by atoms with Crippen molar-refractivity contribution in [2.75, 3.05) is 19.6 Å². The van der Waals surface area contributed by atoms with E-state index in [0.29, 0.717) is 5.41 Å². The average molecular weight is 274 g/mol. The Labute approximate surface area is 121 Å². The predicted molar refractivity (Wildman–Crippen MR) is 83.1 cm³/mol. The van der Waals surface area contributed by atoms with Gasteiger partial charge in [0.05, 0.1) is 0 Å². The van der Waals surface area contributed by atoms with Crippen LogP contribution in [0.15, 0.2) is 42.5 Å². The number of likely N-dealkylation sites (N-methyl/N-ethyl adjacent to an activating group) is 1. The van der Waals surface area contributed by atoms with Gasteiger partial charge in [0, 0.05) is 18.5 Å². The highest BCUT2D eigenvalue weighted by molar-refractivity contribution is 5.85. The Morgan fingerprint density at radius 3 is 2.68 bits per heavy atom. The minimum atomic E-state index is 0. The maximum Gasteiger partial charge on any atom is 0.0125 e. The first-order valence-corrected chi connectivity index (χ1v) is 7.03. The van der Waals surface area contributed by atoms with Crippen molar-refractivity contribution in [3.8, 4) is 0 Å². The van der Waals surface area contributed by atoms with Crippen LogP contribution in [-0.4, -0.2) is 24.5 Å². The van der Waals surface area contributed by atoms with Crippen molar-refractivity contribution in [2.24, 2.45) is 5.92 Å². The van der Waals surface area contributed by atoms with Crippen LogP contribution in [-0.2, 0) is 5.41 Å². The molecule has 1 aliphatic heterocycles. The number of hydrogen-bond donors (Lipinski definition) is 0. The van der Waals surface area contributed by atoms with E-state index in [9.17, 15) is 0 Å². The monoisotopic (exact) mass is 273 g/mol. The second-order valence-electron chi connectivity index (χ2n) is 5.95. The number of nitrogens with zero attached hydrogens (tertiary/aromatic N) is 1. The summed E-state index contributed by atoms with van der Waals surface area (Å²) in [5, 5.41) is 2.75. The molecule has 100 valence electrons. The maximum absolute atomic E-state index is 2.60. The zero-order valence-electron chi connectivity index (χ0n) is 11.3. The molecule has 0 bridgehead atoms. The molecule has 1 heterocycles. The third-order valence-electron chi connectivity index (χ3n) is 4.99. The molecule has 0 spiro atoms. The van der Waals surface area contributed by atoms with Crippen LogP contribution in [0.5, 0.6) is 0 Å². The number of hydrogen-bond acceptors (Lipinski definition) is 1. The van der Waals surface area contributed by atoms with Crippen molar-refractivity contribution in [1.82, 2.24) is 4.90 Å². The van der Waals surface area contributed by atoms with Gasteiger partial charge < -0.3 is 4.90 Å². The number of rotatable bonds is 2. The topological polar surface area (TPSA) is 3.24 Å². The van der Waals surface area contributed by atoms with E-state index in [4.69, 9.17) is 0 Å².